The van der Waals surface area contributed by atoms with Crippen LogP contribution in [0.2, 0.25) is 0 Å². The maximum Gasteiger partial charge on any atom is 0.208 e. The molecule has 100 valence electrons. The van der Waals surface area contributed by atoms with Gasteiger partial charge in [-0.3, -0.25) is 0 Å². The van der Waals surface area contributed by atoms with E-state index < -0.39 is 10.0 Å². The lowest BCUT2D eigenvalue weighted by Gasteiger charge is -2.02. The van der Waals surface area contributed by atoms with Crippen LogP contribution in [0.1, 0.15) is 57.8 Å². The Morgan fingerprint density at radius 1 is 0.941 bits per heavy atom. The summed E-state index contributed by atoms with van der Waals surface area (Å²) >= 11 is 0. The van der Waals surface area contributed by atoms with E-state index in [-0.39, 0.29) is 0 Å². The molecule has 0 saturated carbocycles. The SMILES string of the molecule is CS(=O)(=O)NCCCCCCCCCCC#N. The molecule has 4 nitrogen and oxygen atoms in total. The third-order valence-electron chi connectivity index (χ3n) is 2.58. The molecular weight excluding hydrogens is 236 g/mol. The quantitative estimate of drug-likeness (QED) is 0.580. The summed E-state index contributed by atoms with van der Waals surface area (Å²) in [7, 11) is -3.01. The molecule has 0 aliphatic carbocycles. The van der Waals surface area contributed by atoms with Crippen LogP contribution in [0.25, 0.3) is 0 Å². The van der Waals surface area contributed by atoms with Crippen molar-refractivity contribution in [3.63, 3.8) is 0 Å². The third-order valence-corrected chi connectivity index (χ3v) is 3.31. The molecule has 0 aromatic rings. The Labute approximate surface area is 105 Å². The summed E-state index contributed by atoms with van der Waals surface area (Å²) in [6.45, 7) is 0.557. The second-order valence-electron chi connectivity index (χ2n) is 4.40. The van der Waals surface area contributed by atoms with Crippen LogP contribution in [0, 0.1) is 11.3 Å². The largest absolute Gasteiger partial charge is 0.215 e. The van der Waals surface area contributed by atoms with E-state index >= 15 is 0 Å². The molecular formula is C12H24N2O2S. The van der Waals surface area contributed by atoms with E-state index in [1.165, 1.54) is 31.9 Å². The van der Waals surface area contributed by atoms with E-state index in [0.717, 1.165) is 25.7 Å². The van der Waals surface area contributed by atoms with Gasteiger partial charge in [-0.1, -0.05) is 38.5 Å². The molecule has 0 saturated heterocycles. The Kier molecular flexibility index (Phi) is 10.2. The maximum atomic E-state index is 10.8. The molecule has 5 heteroatoms. The van der Waals surface area contributed by atoms with Gasteiger partial charge in [-0.25, -0.2) is 13.1 Å². The van der Waals surface area contributed by atoms with Crippen molar-refractivity contribution >= 4 is 10.0 Å². The average Bonchev–Trinajstić information content (AvgIpc) is 2.24. The summed E-state index contributed by atoms with van der Waals surface area (Å²) in [4.78, 5) is 0. The first-order chi connectivity index (χ1) is 8.06. The van der Waals surface area contributed by atoms with E-state index in [1.54, 1.807) is 0 Å². The van der Waals surface area contributed by atoms with Gasteiger partial charge in [0, 0.05) is 13.0 Å². The molecule has 0 fully saturated rings. The van der Waals surface area contributed by atoms with Crippen molar-refractivity contribution in [3.05, 3.63) is 0 Å². The number of hydrogen-bond acceptors (Lipinski definition) is 3. The zero-order chi connectivity index (χ0) is 13.0. The van der Waals surface area contributed by atoms with E-state index in [1.807, 2.05) is 0 Å². The van der Waals surface area contributed by atoms with E-state index in [9.17, 15) is 8.42 Å². The fraction of sp³-hybridized carbons (Fsp3) is 0.917. The van der Waals surface area contributed by atoms with Crippen LogP contribution in [0.4, 0.5) is 0 Å². The molecule has 0 unspecified atom stereocenters. The average molecular weight is 260 g/mol. The van der Waals surface area contributed by atoms with Gasteiger partial charge in [0.15, 0.2) is 0 Å². The first-order valence-electron chi connectivity index (χ1n) is 6.38. The van der Waals surface area contributed by atoms with Crippen LogP contribution in [0.3, 0.4) is 0 Å². The Bertz CT molecular complexity index is 307. The molecule has 0 spiro atoms. The van der Waals surface area contributed by atoms with Gasteiger partial charge < -0.3 is 0 Å². The molecule has 0 aliphatic rings. The maximum absolute atomic E-state index is 10.8. The second-order valence-corrected chi connectivity index (χ2v) is 6.24. The van der Waals surface area contributed by atoms with Crippen molar-refractivity contribution in [2.75, 3.05) is 12.8 Å². The summed E-state index contributed by atoms with van der Waals surface area (Å²) in [5.74, 6) is 0. The van der Waals surface area contributed by atoms with Crippen LogP contribution >= 0.6 is 0 Å². The molecule has 17 heavy (non-hydrogen) atoms. The van der Waals surface area contributed by atoms with Gasteiger partial charge in [0.25, 0.3) is 0 Å². The van der Waals surface area contributed by atoms with Crippen LogP contribution in [0.15, 0.2) is 0 Å². The van der Waals surface area contributed by atoms with Gasteiger partial charge in [-0.05, 0) is 12.8 Å². The van der Waals surface area contributed by atoms with Crippen molar-refractivity contribution < 1.29 is 8.42 Å². The molecule has 0 aromatic carbocycles. The minimum absolute atomic E-state index is 0.557. The number of hydrogen-bond donors (Lipinski definition) is 1. The summed E-state index contributed by atoms with van der Waals surface area (Å²) in [5, 5.41) is 8.35. The molecule has 0 aliphatic heterocycles. The fourth-order valence-corrected chi connectivity index (χ4v) is 2.16. The van der Waals surface area contributed by atoms with Gasteiger partial charge in [-0.2, -0.15) is 5.26 Å². The predicted octanol–water partition coefficient (Wildman–Crippen LogP) is 2.57. The molecule has 0 aromatic heterocycles. The number of nitrogens with one attached hydrogen (secondary N) is 1. The smallest absolute Gasteiger partial charge is 0.208 e. The van der Waals surface area contributed by atoms with Gasteiger partial charge in [-0.15, -0.1) is 0 Å². The van der Waals surface area contributed by atoms with Gasteiger partial charge >= 0.3 is 0 Å². The molecule has 1 N–H and O–H groups in total. The highest BCUT2D eigenvalue weighted by Gasteiger charge is 1.98. The third kappa shape index (κ3) is 15.4. The van der Waals surface area contributed by atoms with Crippen molar-refractivity contribution in [1.82, 2.24) is 4.72 Å². The van der Waals surface area contributed by atoms with Gasteiger partial charge in [0.05, 0.1) is 12.3 Å². The zero-order valence-electron chi connectivity index (χ0n) is 10.7. The fourth-order valence-electron chi connectivity index (χ4n) is 1.65. The first-order valence-corrected chi connectivity index (χ1v) is 8.27. The molecule has 0 heterocycles. The van der Waals surface area contributed by atoms with Crippen LogP contribution < -0.4 is 4.72 Å². The van der Waals surface area contributed by atoms with Crippen molar-refractivity contribution in [2.45, 2.75) is 57.8 Å². The number of sulfonamides is 1. The summed E-state index contributed by atoms with van der Waals surface area (Å²) in [6.07, 6.45) is 10.9. The highest BCUT2D eigenvalue weighted by molar-refractivity contribution is 7.88. The first kappa shape index (κ1) is 16.4. The lowest BCUT2D eigenvalue weighted by atomic mass is 10.1. The number of nitriles is 1. The monoisotopic (exact) mass is 260 g/mol. The van der Waals surface area contributed by atoms with Gasteiger partial charge in [0.2, 0.25) is 10.0 Å². The molecule has 0 radical (unpaired) electrons. The highest BCUT2D eigenvalue weighted by atomic mass is 32.2. The lowest BCUT2D eigenvalue weighted by Crippen LogP contribution is -2.22. The zero-order valence-corrected chi connectivity index (χ0v) is 11.6. The Balaban J connectivity index is 3.07. The highest BCUT2D eigenvalue weighted by Crippen LogP contribution is 2.09. The van der Waals surface area contributed by atoms with Crippen molar-refractivity contribution in [3.8, 4) is 6.07 Å². The van der Waals surface area contributed by atoms with Crippen LogP contribution in [0.5, 0.6) is 0 Å². The molecule has 0 amide bonds. The second kappa shape index (κ2) is 10.5. The number of unbranched alkanes of at least 4 members (excludes halogenated alkanes) is 8. The van der Waals surface area contributed by atoms with E-state index in [2.05, 4.69) is 10.8 Å². The summed E-state index contributed by atoms with van der Waals surface area (Å²) in [5.41, 5.74) is 0. The Morgan fingerprint density at radius 3 is 1.88 bits per heavy atom. The number of rotatable bonds is 11. The van der Waals surface area contributed by atoms with Crippen LogP contribution in [-0.4, -0.2) is 21.2 Å². The van der Waals surface area contributed by atoms with Crippen LogP contribution in [-0.2, 0) is 10.0 Å². The number of nitrogens with zero attached hydrogens (tertiary/aromatic N) is 1. The van der Waals surface area contributed by atoms with Gasteiger partial charge in [0.1, 0.15) is 0 Å². The predicted molar refractivity (Wildman–Crippen MR) is 70.0 cm³/mol. The lowest BCUT2D eigenvalue weighted by molar-refractivity contribution is 0.559. The normalized spacial score (nSPS) is 11.3. The minimum Gasteiger partial charge on any atom is -0.215 e. The topological polar surface area (TPSA) is 70.0 Å². The molecule has 0 atom stereocenters. The van der Waals surface area contributed by atoms with Crippen molar-refractivity contribution in [2.24, 2.45) is 0 Å². The molecule has 0 rings (SSSR count). The minimum atomic E-state index is -3.01. The molecule has 0 bridgehead atoms. The standard InChI is InChI=1S/C12H24N2O2S/c1-17(15,16)14-12-10-8-6-4-2-3-5-7-9-11-13/h14H,2-10,12H2,1H3. The summed E-state index contributed by atoms with van der Waals surface area (Å²) in [6, 6.07) is 2.15. The van der Waals surface area contributed by atoms with E-state index in [4.69, 9.17) is 5.26 Å². The Hall–Kier alpha value is -0.600. The summed E-state index contributed by atoms with van der Waals surface area (Å²) < 4.78 is 24.0. The van der Waals surface area contributed by atoms with E-state index in [0.29, 0.717) is 13.0 Å². The van der Waals surface area contributed by atoms with Crippen molar-refractivity contribution in [1.29, 1.82) is 5.26 Å². The Morgan fingerprint density at radius 2 is 1.41 bits per heavy atom.